The Kier molecular flexibility index (Phi) is 5.62. The van der Waals surface area contributed by atoms with Gasteiger partial charge in [0.15, 0.2) is 0 Å². The van der Waals surface area contributed by atoms with Crippen LogP contribution in [0.25, 0.3) is 0 Å². The van der Waals surface area contributed by atoms with Crippen LogP contribution in [0.1, 0.15) is 38.5 Å². The van der Waals surface area contributed by atoms with E-state index in [-0.39, 0.29) is 24.5 Å². The second-order valence-electron chi connectivity index (χ2n) is 6.13. The van der Waals surface area contributed by atoms with Gasteiger partial charge in [0.2, 0.25) is 15.9 Å². The largest absolute Gasteiger partial charge is 0.396 e. The second-order valence-corrected chi connectivity index (χ2v) is 8.11. The van der Waals surface area contributed by atoms with Crippen molar-refractivity contribution in [3.05, 3.63) is 0 Å². The molecule has 2 heterocycles. The number of aliphatic hydroxyl groups is 1. The summed E-state index contributed by atoms with van der Waals surface area (Å²) < 4.78 is 24.5. The van der Waals surface area contributed by atoms with E-state index in [4.69, 9.17) is 5.11 Å². The summed E-state index contributed by atoms with van der Waals surface area (Å²) in [4.78, 5) is 14.6. The highest BCUT2D eigenvalue weighted by Crippen LogP contribution is 2.26. The van der Waals surface area contributed by atoms with E-state index in [1.165, 1.54) is 10.6 Å². The molecule has 2 aliphatic heterocycles. The van der Waals surface area contributed by atoms with Crippen LogP contribution in [-0.2, 0) is 14.8 Å². The van der Waals surface area contributed by atoms with Crippen LogP contribution >= 0.6 is 0 Å². The normalized spacial score (nSPS) is 26.0. The van der Waals surface area contributed by atoms with Crippen molar-refractivity contribution in [2.24, 2.45) is 5.92 Å². The summed E-state index contributed by atoms with van der Waals surface area (Å²) in [6.45, 7) is 1.76. The lowest BCUT2D eigenvalue weighted by molar-refractivity contribution is -0.140. The van der Waals surface area contributed by atoms with Crippen LogP contribution in [-0.4, -0.2) is 67.2 Å². The van der Waals surface area contributed by atoms with Crippen molar-refractivity contribution in [1.82, 2.24) is 9.21 Å². The van der Waals surface area contributed by atoms with Crippen LogP contribution < -0.4 is 0 Å². The summed E-state index contributed by atoms with van der Waals surface area (Å²) in [7, 11) is -3.14. The Hall–Kier alpha value is -0.660. The summed E-state index contributed by atoms with van der Waals surface area (Å²) in [6.07, 6.45) is 6.18. The van der Waals surface area contributed by atoms with Crippen LogP contribution in [0, 0.1) is 5.92 Å². The number of sulfonamides is 1. The Labute approximate surface area is 127 Å². The summed E-state index contributed by atoms with van der Waals surface area (Å²) >= 11 is 0. The van der Waals surface area contributed by atoms with E-state index < -0.39 is 10.0 Å². The number of carbonyl (C=O) groups excluding carboxylic acids is 1. The third kappa shape index (κ3) is 4.17. The number of hydrogen-bond donors (Lipinski definition) is 1. The molecule has 2 saturated heterocycles. The Morgan fingerprint density at radius 2 is 1.81 bits per heavy atom. The number of aliphatic hydroxyl groups excluding tert-OH is 1. The highest BCUT2D eigenvalue weighted by atomic mass is 32.2. The maximum absolute atomic E-state index is 12.7. The first-order valence-corrected chi connectivity index (χ1v) is 9.64. The van der Waals surface area contributed by atoms with Gasteiger partial charge in [-0.2, -0.15) is 0 Å². The molecule has 7 heteroatoms. The van der Waals surface area contributed by atoms with Gasteiger partial charge in [0.1, 0.15) is 0 Å². The number of likely N-dealkylation sites (tertiary alicyclic amines) is 1. The lowest BCUT2D eigenvalue weighted by Crippen LogP contribution is -2.49. The van der Waals surface area contributed by atoms with E-state index in [1.807, 2.05) is 4.90 Å². The molecular formula is C14H26N2O4S. The Bertz CT molecular complexity index is 456. The maximum Gasteiger partial charge on any atom is 0.226 e. The summed E-state index contributed by atoms with van der Waals surface area (Å²) in [5.74, 6) is 0.0867. The molecule has 0 aromatic heterocycles. The van der Waals surface area contributed by atoms with Gasteiger partial charge in [-0.3, -0.25) is 4.79 Å². The average molecular weight is 318 g/mol. The number of nitrogens with zero attached hydrogens (tertiary/aromatic N) is 2. The number of hydrogen-bond acceptors (Lipinski definition) is 4. The van der Waals surface area contributed by atoms with Crippen molar-refractivity contribution in [1.29, 1.82) is 0 Å². The minimum atomic E-state index is -3.14. The van der Waals surface area contributed by atoms with Gasteiger partial charge < -0.3 is 10.0 Å². The molecule has 2 rings (SSSR count). The van der Waals surface area contributed by atoms with Crippen LogP contribution in [0.3, 0.4) is 0 Å². The summed E-state index contributed by atoms with van der Waals surface area (Å²) in [5, 5.41) is 9.14. The van der Waals surface area contributed by atoms with Crippen molar-refractivity contribution in [2.45, 2.75) is 44.6 Å². The molecule has 0 radical (unpaired) electrons. The van der Waals surface area contributed by atoms with Crippen molar-refractivity contribution >= 4 is 15.9 Å². The van der Waals surface area contributed by atoms with E-state index in [0.717, 1.165) is 25.8 Å². The highest BCUT2D eigenvalue weighted by Gasteiger charge is 2.34. The zero-order valence-corrected chi connectivity index (χ0v) is 13.5. The van der Waals surface area contributed by atoms with Gasteiger partial charge in [0, 0.05) is 38.2 Å². The topological polar surface area (TPSA) is 77.9 Å². The predicted octanol–water partition coefficient (Wildman–Crippen LogP) is 0.422. The molecule has 0 aromatic rings. The molecular weight excluding hydrogens is 292 g/mol. The highest BCUT2D eigenvalue weighted by molar-refractivity contribution is 7.88. The van der Waals surface area contributed by atoms with Gasteiger partial charge >= 0.3 is 0 Å². The number of rotatable bonds is 4. The Balaban J connectivity index is 1.94. The molecule has 1 atom stereocenters. The molecule has 0 saturated carbocycles. The third-order valence-corrected chi connectivity index (χ3v) is 5.95. The van der Waals surface area contributed by atoms with Crippen LogP contribution in [0.5, 0.6) is 0 Å². The molecule has 6 nitrogen and oxygen atoms in total. The smallest absolute Gasteiger partial charge is 0.226 e. The fourth-order valence-electron chi connectivity index (χ4n) is 3.41. The van der Waals surface area contributed by atoms with Crippen LogP contribution in [0.4, 0.5) is 0 Å². The minimum Gasteiger partial charge on any atom is -0.396 e. The van der Waals surface area contributed by atoms with E-state index >= 15 is 0 Å². The standard InChI is InChI=1S/C14H26N2O4S/c1-21(19,20)15-9-5-12(6-10-15)14(18)16-8-3-2-4-13(16)7-11-17/h12-13,17H,2-11H2,1H3. The number of carbonyl (C=O) groups is 1. The fourth-order valence-corrected chi connectivity index (χ4v) is 4.28. The van der Waals surface area contributed by atoms with Crippen LogP contribution in [0.2, 0.25) is 0 Å². The SMILES string of the molecule is CS(=O)(=O)N1CCC(C(=O)N2CCCCC2CCO)CC1. The molecule has 0 spiro atoms. The second kappa shape index (κ2) is 7.07. The number of amides is 1. The van der Waals surface area contributed by atoms with Gasteiger partial charge in [0.05, 0.1) is 6.26 Å². The molecule has 1 N–H and O–H groups in total. The zero-order chi connectivity index (χ0) is 15.5. The van der Waals surface area contributed by atoms with E-state index in [2.05, 4.69) is 0 Å². The van der Waals surface area contributed by atoms with Crippen molar-refractivity contribution < 1.29 is 18.3 Å². The molecule has 0 bridgehead atoms. The van der Waals surface area contributed by atoms with Gasteiger partial charge in [-0.25, -0.2) is 12.7 Å². The van der Waals surface area contributed by atoms with Crippen molar-refractivity contribution in [3.63, 3.8) is 0 Å². The van der Waals surface area contributed by atoms with Crippen LogP contribution in [0.15, 0.2) is 0 Å². The van der Waals surface area contributed by atoms with E-state index in [1.54, 1.807) is 0 Å². The zero-order valence-electron chi connectivity index (χ0n) is 12.7. The monoisotopic (exact) mass is 318 g/mol. The molecule has 0 aromatic carbocycles. The molecule has 122 valence electrons. The number of piperidine rings is 2. The Morgan fingerprint density at radius 1 is 1.14 bits per heavy atom. The predicted molar refractivity (Wildman–Crippen MR) is 80.2 cm³/mol. The quantitative estimate of drug-likeness (QED) is 0.815. The van der Waals surface area contributed by atoms with Gasteiger partial charge in [-0.15, -0.1) is 0 Å². The molecule has 2 aliphatic rings. The maximum atomic E-state index is 12.7. The first-order valence-electron chi connectivity index (χ1n) is 7.80. The Morgan fingerprint density at radius 3 is 2.38 bits per heavy atom. The van der Waals surface area contributed by atoms with Gasteiger partial charge in [-0.1, -0.05) is 0 Å². The van der Waals surface area contributed by atoms with Crippen molar-refractivity contribution in [3.8, 4) is 0 Å². The lowest BCUT2D eigenvalue weighted by Gasteiger charge is -2.39. The molecule has 0 aliphatic carbocycles. The van der Waals surface area contributed by atoms with Gasteiger partial charge in [0.25, 0.3) is 0 Å². The molecule has 2 fully saturated rings. The molecule has 1 unspecified atom stereocenters. The summed E-state index contributed by atoms with van der Waals surface area (Å²) in [5.41, 5.74) is 0. The minimum absolute atomic E-state index is 0.0673. The van der Waals surface area contributed by atoms with E-state index in [0.29, 0.717) is 32.4 Å². The summed E-state index contributed by atoms with van der Waals surface area (Å²) in [6, 6.07) is 0.157. The van der Waals surface area contributed by atoms with E-state index in [9.17, 15) is 13.2 Å². The first kappa shape index (κ1) is 16.7. The van der Waals surface area contributed by atoms with Crippen molar-refractivity contribution in [2.75, 3.05) is 32.5 Å². The first-order chi connectivity index (χ1) is 9.93. The molecule has 1 amide bonds. The lowest BCUT2D eigenvalue weighted by atomic mass is 9.92. The van der Waals surface area contributed by atoms with Gasteiger partial charge in [-0.05, 0) is 38.5 Å². The third-order valence-electron chi connectivity index (χ3n) is 4.64. The average Bonchev–Trinajstić information content (AvgIpc) is 2.47. The fraction of sp³-hybridized carbons (Fsp3) is 0.929. The molecule has 21 heavy (non-hydrogen) atoms.